The highest BCUT2D eigenvalue weighted by molar-refractivity contribution is 5.89. The molecule has 114 valence electrons. The fourth-order valence-electron chi connectivity index (χ4n) is 1.71. The molecule has 2 heterocycles. The number of pyridine rings is 1. The van der Waals surface area contributed by atoms with E-state index in [1.165, 1.54) is 24.7 Å². The normalized spacial score (nSPS) is 10.0. The molecule has 0 bridgehead atoms. The lowest BCUT2D eigenvalue weighted by Gasteiger charge is -2.11. The molecular weight excluding hydrogens is 290 g/mol. The van der Waals surface area contributed by atoms with Gasteiger partial charge >= 0.3 is 11.9 Å². The second-order valence-corrected chi connectivity index (χ2v) is 4.22. The molecule has 0 saturated heterocycles. The molecule has 0 spiro atoms. The largest absolute Gasteiger partial charge is 0.480 e. The maximum atomic E-state index is 11.0. The summed E-state index contributed by atoms with van der Waals surface area (Å²) in [6.45, 7) is -0.334. The Morgan fingerprint density at radius 2 is 2.00 bits per heavy atom. The van der Waals surface area contributed by atoms with Gasteiger partial charge in [0, 0.05) is 36.8 Å². The van der Waals surface area contributed by atoms with Crippen LogP contribution in [0.4, 0.5) is 11.8 Å². The van der Waals surface area contributed by atoms with Gasteiger partial charge in [0.1, 0.15) is 12.4 Å². The van der Waals surface area contributed by atoms with E-state index in [1.54, 1.807) is 7.05 Å². The van der Waals surface area contributed by atoms with Gasteiger partial charge in [0.25, 0.3) is 0 Å². The van der Waals surface area contributed by atoms with Crippen LogP contribution in [0.2, 0.25) is 0 Å². The monoisotopic (exact) mass is 303 g/mol. The molecular formula is C13H13N5O4. The molecule has 0 aliphatic heterocycles. The zero-order chi connectivity index (χ0) is 16.1. The number of aliphatic carboxylic acids is 1. The molecule has 0 fully saturated rings. The maximum Gasteiger partial charge on any atom is 0.337 e. The standard InChI is InChI=1S/C13H13N5O4/c1-14-13-17-5-9(11(18-13)16-6-10(19)20)7-2-8(12(21)22)4-15-3-7/h2-5H,6H2,1H3,(H,19,20)(H,21,22)(H2,14,16,17,18). The molecule has 0 aliphatic rings. The molecule has 22 heavy (non-hydrogen) atoms. The Bertz CT molecular complexity index is 719. The highest BCUT2D eigenvalue weighted by Crippen LogP contribution is 2.26. The fourth-order valence-corrected chi connectivity index (χ4v) is 1.71. The molecule has 0 radical (unpaired) electrons. The lowest BCUT2D eigenvalue weighted by molar-refractivity contribution is -0.134. The van der Waals surface area contributed by atoms with E-state index in [-0.39, 0.29) is 17.9 Å². The van der Waals surface area contributed by atoms with Crippen molar-refractivity contribution in [3.8, 4) is 11.1 Å². The third kappa shape index (κ3) is 3.45. The molecule has 2 aromatic heterocycles. The third-order valence-electron chi connectivity index (χ3n) is 2.72. The van der Waals surface area contributed by atoms with E-state index in [9.17, 15) is 9.59 Å². The van der Waals surface area contributed by atoms with Crippen molar-refractivity contribution in [3.05, 3.63) is 30.2 Å². The molecule has 0 aromatic carbocycles. The van der Waals surface area contributed by atoms with Crippen LogP contribution in [-0.4, -0.2) is 50.7 Å². The van der Waals surface area contributed by atoms with Crippen molar-refractivity contribution in [2.75, 3.05) is 24.2 Å². The lowest BCUT2D eigenvalue weighted by Crippen LogP contribution is -2.15. The minimum Gasteiger partial charge on any atom is -0.480 e. The van der Waals surface area contributed by atoms with Gasteiger partial charge in [-0.25, -0.2) is 9.78 Å². The summed E-state index contributed by atoms with van der Waals surface area (Å²) >= 11 is 0. The van der Waals surface area contributed by atoms with Gasteiger partial charge < -0.3 is 20.8 Å². The summed E-state index contributed by atoms with van der Waals surface area (Å²) in [5.41, 5.74) is 0.936. The Balaban J connectivity index is 2.46. The summed E-state index contributed by atoms with van der Waals surface area (Å²) in [6.07, 6.45) is 4.14. The number of nitrogens with one attached hydrogen (secondary N) is 2. The summed E-state index contributed by atoms with van der Waals surface area (Å²) in [7, 11) is 1.63. The molecule has 2 rings (SSSR count). The topological polar surface area (TPSA) is 137 Å². The van der Waals surface area contributed by atoms with E-state index < -0.39 is 11.9 Å². The number of hydrogen-bond donors (Lipinski definition) is 4. The summed E-state index contributed by atoms with van der Waals surface area (Å²) in [5, 5.41) is 23.2. The van der Waals surface area contributed by atoms with E-state index in [0.717, 1.165) is 0 Å². The van der Waals surface area contributed by atoms with Gasteiger partial charge in [-0.15, -0.1) is 0 Å². The highest BCUT2D eigenvalue weighted by Gasteiger charge is 2.13. The first kappa shape index (κ1) is 15.2. The number of aromatic nitrogens is 3. The van der Waals surface area contributed by atoms with Crippen molar-refractivity contribution in [2.24, 2.45) is 0 Å². The van der Waals surface area contributed by atoms with Crippen LogP contribution in [0, 0.1) is 0 Å². The minimum absolute atomic E-state index is 0.0133. The molecule has 0 saturated carbocycles. The van der Waals surface area contributed by atoms with Crippen molar-refractivity contribution in [2.45, 2.75) is 0 Å². The van der Waals surface area contributed by atoms with Crippen LogP contribution >= 0.6 is 0 Å². The van der Waals surface area contributed by atoms with Crippen molar-refractivity contribution in [1.82, 2.24) is 15.0 Å². The van der Waals surface area contributed by atoms with E-state index in [1.807, 2.05) is 0 Å². The van der Waals surface area contributed by atoms with Crippen molar-refractivity contribution in [3.63, 3.8) is 0 Å². The number of nitrogens with zero attached hydrogens (tertiary/aromatic N) is 3. The van der Waals surface area contributed by atoms with E-state index >= 15 is 0 Å². The number of carbonyl (C=O) groups is 2. The Kier molecular flexibility index (Phi) is 4.47. The molecule has 0 atom stereocenters. The molecule has 4 N–H and O–H groups in total. The quantitative estimate of drug-likeness (QED) is 0.609. The first-order valence-corrected chi connectivity index (χ1v) is 6.20. The summed E-state index contributed by atoms with van der Waals surface area (Å²) in [4.78, 5) is 33.8. The lowest BCUT2D eigenvalue weighted by atomic mass is 10.1. The van der Waals surface area contributed by atoms with Gasteiger partial charge in [0.2, 0.25) is 5.95 Å². The molecule has 9 heteroatoms. The maximum absolute atomic E-state index is 11.0. The number of anilines is 2. The SMILES string of the molecule is CNc1ncc(-c2cncc(C(=O)O)c2)c(NCC(=O)O)n1. The zero-order valence-corrected chi connectivity index (χ0v) is 11.6. The van der Waals surface area contributed by atoms with E-state index in [2.05, 4.69) is 25.6 Å². The number of aromatic carboxylic acids is 1. The summed E-state index contributed by atoms with van der Waals surface area (Å²) in [5.74, 6) is -1.58. The number of carboxylic acid groups (broad SMARTS) is 2. The average Bonchev–Trinajstić information content (AvgIpc) is 2.52. The van der Waals surface area contributed by atoms with Crippen LogP contribution in [-0.2, 0) is 4.79 Å². The highest BCUT2D eigenvalue weighted by atomic mass is 16.4. The van der Waals surface area contributed by atoms with Crippen molar-refractivity contribution < 1.29 is 19.8 Å². The Hall–Kier alpha value is -3.23. The summed E-state index contributed by atoms with van der Waals surface area (Å²) < 4.78 is 0. The molecule has 9 nitrogen and oxygen atoms in total. The van der Waals surface area contributed by atoms with Gasteiger partial charge in [-0.05, 0) is 6.07 Å². The smallest absolute Gasteiger partial charge is 0.337 e. The molecule has 0 aliphatic carbocycles. The molecule has 0 unspecified atom stereocenters. The van der Waals surface area contributed by atoms with Crippen LogP contribution in [0.15, 0.2) is 24.7 Å². The fraction of sp³-hybridized carbons (Fsp3) is 0.154. The summed E-state index contributed by atoms with van der Waals surface area (Å²) in [6, 6.07) is 1.42. The van der Waals surface area contributed by atoms with Crippen molar-refractivity contribution in [1.29, 1.82) is 0 Å². The Morgan fingerprint density at radius 3 is 2.64 bits per heavy atom. The second-order valence-electron chi connectivity index (χ2n) is 4.22. The van der Waals surface area contributed by atoms with Crippen LogP contribution in [0.1, 0.15) is 10.4 Å². The number of hydrogen-bond acceptors (Lipinski definition) is 7. The average molecular weight is 303 g/mol. The predicted octanol–water partition coefficient (Wildman–Crippen LogP) is 0.775. The first-order chi connectivity index (χ1) is 10.5. The first-order valence-electron chi connectivity index (χ1n) is 6.20. The zero-order valence-electron chi connectivity index (χ0n) is 11.6. The predicted molar refractivity (Wildman–Crippen MR) is 77.9 cm³/mol. The van der Waals surface area contributed by atoms with Crippen LogP contribution < -0.4 is 10.6 Å². The van der Waals surface area contributed by atoms with Gasteiger partial charge in [0.15, 0.2) is 0 Å². The van der Waals surface area contributed by atoms with E-state index in [0.29, 0.717) is 17.1 Å². The molecule has 2 aromatic rings. The molecule has 0 amide bonds. The van der Waals surface area contributed by atoms with Gasteiger partial charge in [-0.3, -0.25) is 9.78 Å². The Morgan fingerprint density at radius 1 is 1.23 bits per heavy atom. The van der Waals surface area contributed by atoms with E-state index in [4.69, 9.17) is 10.2 Å². The number of rotatable bonds is 6. The van der Waals surface area contributed by atoms with Crippen LogP contribution in [0.3, 0.4) is 0 Å². The van der Waals surface area contributed by atoms with Gasteiger partial charge in [0.05, 0.1) is 5.56 Å². The van der Waals surface area contributed by atoms with Crippen molar-refractivity contribution >= 4 is 23.7 Å². The van der Waals surface area contributed by atoms with Gasteiger partial charge in [-0.2, -0.15) is 4.98 Å². The van der Waals surface area contributed by atoms with Crippen LogP contribution in [0.5, 0.6) is 0 Å². The van der Waals surface area contributed by atoms with Crippen LogP contribution in [0.25, 0.3) is 11.1 Å². The number of carboxylic acids is 2. The second kappa shape index (κ2) is 6.48. The van der Waals surface area contributed by atoms with Gasteiger partial charge in [-0.1, -0.05) is 0 Å². The third-order valence-corrected chi connectivity index (χ3v) is 2.72. The minimum atomic E-state index is -1.11. The Labute approximate surface area is 125 Å².